The number of hydrogen-bond acceptors (Lipinski definition) is 2. The van der Waals surface area contributed by atoms with Gasteiger partial charge in [-0.25, -0.2) is 0 Å². The maximum Gasteiger partial charge on any atom is 0.0575 e. The molecule has 2 heteroatoms. The minimum Gasteiger partial charge on any atom is -0.378 e. The zero-order valence-electron chi connectivity index (χ0n) is 12.4. The van der Waals surface area contributed by atoms with Crippen LogP contribution in [0.15, 0.2) is 0 Å². The van der Waals surface area contributed by atoms with Crippen molar-refractivity contribution in [1.82, 2.24) is 5.32 Å². The molecule has 17 heavy (non-hydrogen) atoms. The first-order chi connectivity index (χ1) is 7.89. The second kappa shape index (κ2) is 6.75. The van der Waals surface area contributed by atoms with Crippen molar-refractivity contribution in [3.05, 3.63) is 0 Å². The molecule has 0 bridgehead atoms. The van der Waals surface area contributed by atoms with Crippen molar-refractivity contribution in [2.24, 2.45) is 11.3 Å². The van der Waals surface area contributed by atoms with Gasteiger partial charge in [-0.3, -0.25) is 0 Å². The predicted octanol–water partition coefficient (Wildman–Crippen LogP) is 3.61. The Morgan fingerprint density at radius 2 is 1.76 bits per heavy atom. The largest absolute Gasteiger partial charge is 0.378 e. The number of ether oxygens (including phenoxy) is 1. The fourth-order valence-electron chi connectivity index (χ4n) is 2.27. The molecule has 0 unspecified atom stereocenters. The van der Waals surface area contributed by atoms with E-state index >= 15 is 0 Å². The number of hydrogen-bond donors (Lipinski definition) is 1. The van der Waals surface area contributed by atoms with Crippen molar-refractivity contribution in [2.75, 3.05) is 13.2 Å². The summed E-state index contributed by atoms with van der Waals surface area (Å²) in [6.45, 7) is 13.2. The molecule has 0 amide bonds. The molecule has 1 rings (SSSR count). The molecule has 0 saturated heterocycles. The van der Waals surface area contributed by atoms with E-state index in [-0.39, 0.29) is 5.41 Å². The highest BCUT2D eigenvalue weighted by Gasteiger charge is 2.23. The van der Waals surface area contributed by atoms with E-state index in [1.807, 2.05) is 0 Å². The molecule has 0 atom stereocenters. The molecule has 1 aliphatic carbocycles. The smallest absolute Gasteiger partial charge is 0.0575 e. The highest BCUT2D eigenvalue weighted by molar-refractivity contribution is 4.75. The van der Waals surface area contributed by atoms with Gasteiger partial charge < -0.3 is 10.1 Å². The number of nitrogens with one attached hydrogen (secondary N) is 1. The SMILES string of the molecule is CC1CCC(OCC(C)(C)CNC(C)C)CC1. The van der Waals surface area contributed by atoms with Crippen LogP contribution >= 0.6 is 0 Å². The highest BCUT2D eigenvalue weighted by Crippen LogP contribution is 2.27. The lowest BCUT2D eigenvalue weighted by Gasteiger charge is -2.31. The molecule has 1 aliphatic rings. The van der Waals surface area contributed by atoms with Crippen molar-refractivity contribution in [3.63, 3.8) is 0 Å². The predicted molar refractivity (Wildman–Crippen MR) is 74.3 cm³/mol. The highest BCUT2D eigenvalue weighted by atomic mass is 16.5. The minimum atomic E-state index is 0.243. The van der Waals surface area contributed by atoms with E-state index in [0.29, 0.717) is 12.1 Å². The molecule has 1 fully saturated rings. The summed E-state index contributed by atoms with van der Waals surface area (Å²) in [4.78, 5) is 0. The van der Waals surface area contributed by atoms with Gasteiger partial charge in [-0.1, -0.05) is 34.6 Å². The van der Waals surface area contributed by atoms with E-state index in [4.69, 9.17) is 4.74 Å². The fourth-order valence-corrected chi connectivity index (χ4v) is 2.27. The van der Waals surface area contributed by atoms with Gasteiger partial charge in [0.2, 0.25) is 0 Å². The second-order valence-corrected chi connectivity index (χ2v) is 6.89. The van der Waals surface area contributed by atoms with Gasteiger partial charge in [0.05, 0.1) is 12.7 Å². The monoisotopic (exact) mass is 241 g/mol. The molecule has 2 nitrogen and oxygen atoms in total. The lowest BCUT2D eigenvalue weighted by molar-refractivity contribution is -0.0205. The van der Waals surface area contributed by atoms with E-state index in [9.17, 15) is 0 Å². The summed E-state index contributed by atoms with van der Waals surface area (Å²) in [5.74, 6) is 0.908. The van der Waals surface area contributed by atoms with Crippen LogP contribution in [0.1, 0.15) is 60.3 Å². The van der Waals surface area contributed by atoms with E-state index in [2.05, 4.69) is 39.9 Å². The van der Waals surface area contributed by atoms with Crippen LogP contribution in [0.2, 0.25) is 0 Å². The third kappa shape index (κ3) is 6.42. The molecule has 0 heterocycles. The maximum absolute atomic E-state index is 6.09. The number of rotatable bonds is 6. The van der Waals surface area contributed by atoms with Crippen LogP contribution in [-0.4, -0.2) is 25.3 Å². The average Bonchev–Trinajstić information content (AvgIpc) is 2.26. The first-order valence-corrected chi connectivity index (χ1v) is 7.24. The van der Waals surface area contributed by atoms with Crippen LogP contribution in [-0.2, 0) is 4.74 Å². The summed E-state index contributed by atoms with van der Waals surface area (Å²) >= 11 is 0. The minimum absolute atomic E-state index is 0.243. The molecule has 0 aromatic heterocycles. The lowest BCUT2D eigenvalue weighted by atomic mass is 9.88. The van der Waals surface area contributed by atoms with Crippen LogP contribution < -0.4 is 5.32 Å². The van der Waals surface area contributed by atoms with Crippen molar-refractivity contribution < 1.29 is 4.74 Å². The molecule has 0 aromatic rings. The summed E-state index contributed by atoms with van der Waals surface area (Å²) in [5.41, 5.74) is 0.243. The molecular formula is C15H31NO. The Morgan fingerprint density at radius 1 is 1.18 bits per heavy atom. The van der Waals surface area contributed by atoms with Gasteiger partial charge in [0.1, 0.15) is 0 Å². The lowest BCUT2D eigenvalue weighted by Crippen LogP contribution is -2.38. The van der Waals surface area contributed by atoms with Gasteiger partial charge in [-0.2, -0.15) is 0 Å². The van der Waals surface area contributed by atoms with Crippen molar-refractivity contribution >= 4 is 0 Å². The second-order valence-electron chi connectivity index (χ2n) is 6.89. The third-order valence-corrected chi connectivity index (χ3v) is 3.66. The molecule has 0 aromatic carbocycles. The molecule has 102 valence electrons. The Labute approximate surface area is 108 Å². The van der Waals surface area contributed by atoms with Gasteiger partial charge in [-0.05, 0) is 31.6 Å². The molecule has 0 spiro atoms. The summed E-state index contributed by atoms with van der Waals surface area (Å²) in [7, 11) is 0. The zero-order chi connectivity index (χ0) is 12.9. The van der Waals surface area contributed by atoms with E-state index in [1.54, 1.807) is 0 Å². The Balaban J connectivity index is 2.19. The van der Waals surface area contributed by atoms with E-state index in [0.717, 1.165) is 19.1 Å². The van der Waals surface area contributed by atoms with Crippen LogP contribution in [0.5, 0.6) is 0 Å². The van der Waals surface area contributed by atoms with E-state index < -0.39 is 0 Å². The first-order valence-electron chi connectivity index (χ1n) is 7.24. The molecule has 1 saturated carbocycles. The van der Waals surface area contributed by atoms with Crippen LogP contribution in [0.25, 0.3) is 0 Å². The van der Waals surface area contributed by atoms with Crippen molar-refractivity contribution in [1.29, 1.82) is 0 Å². The summed E-state index contributed by atoms with van der Waals surface area (Å²) in [6, 6.07) is 0.560. The quantitative estimate of drug-likeness (QED) is 0.767. The van der Waals surface area contributed by atoms with Crippen molar-refractivity contribution in [3.8, 4) is 0 Å². The van der Waals surface area contributed by atoms with Gasteiger partial charge >= 0.3 is 0 Å². The Kier molecular flexibility index (Phi) is 5.94. The Morgan fingerprint density at radius 3 is 2.29 bits per heavy atom. The third-order valence-electron chi connectivity index (χ3n) is 3.66. The van der Waals surface area contributed by atoms with Gasteiger partial charge in [0.25, 0.3) is 0 Å². The topological polar surface area (TPSA) is 21.3 Å². The summed E-state index contributed by atoms with van der Waals surface area (Å²) in [5, 5.41) is 3.50. The van der Waals surface area contributed by atoms with Gasteiger partial charge in [0, 0.05) is 18.0 Å². The fraction of sp³-hybridized carbons (Fsp3) is 1.00. The Hall–Kier alpha value is -0.0800. The normalized spacial score (nSPS) is 26.5. The van der Waals surface area contributed by atoms with Gasteiger partial charge in [-0.15, -0.1) is 0 Å². The van der Waals surface area contributed by atoms with Crippen molar-refractivity contribution in [2.45, 2.75) is 72.4 Å². The van der Waals surface area contributed by atoms with Gasteiger partial charge in [0.15, 0.2) is 0 Å². The molecule has 0 aliphatic heterocycles. The van der Waals surface area contributed by atoms with Crippen LogP contribution in [0, 0.1) is 11.3 Å². The van der Waals surface area contributed by atoms with Crippen LogP contribution in [0.3, 0.4) is 0 Å². The van der Waals surface area contributed by atoms with Crippen LogP contribution in [0.4, 0.5) is 0 Å². The summed E-state index contributed by atoms with van der Waals surface area (Å²) in [6.07, 6.45) is 5.72. The molecule has 1 N–H and O–H groups in total. The molecule has 0 radical (unpaired) electrons. The Bertz CT molecular complexity index is 205. The maximum atomic E-state index is 6.09. The zero-order valence-corrected chi connectivity index (χ0v) is 12.4. The standard InChI is InChI=1S/C15H31NO/c1-12(2)16-10-15(4,5)11-17-14-8-6-13(3)7-9-14/h12-14,16H,6-11H2,1-5H3. The summed E-state index contributed by atoms with van der Waals surface area (Å²) < 4.78 is 6.09. The average molecular weight is 241 g/mol. The first kappa shape index (κ1) is 15.0. The van der Waals surface area contributed by atoms with E-state index in [1.165, 1.54) is 25.7 Å². The molecular weight excluding hydrogens is 210 g/mol.